The van der Waals surface area contributed by atoms with Crippen molar-refractivity contribution in [3.05, 3.63) is 24.3 Å². The third-order valence-corrected chi connectivity index (χ3v) is 17.6. The predicted octanol–water partition coefficient (Wildman–Crippen LogP) is 6.06. The van der Waals surface area contributed by atoms with Crippen LogP contribution in [0.1, 0.15) is 245 Å². The van der Waals surface area contributed by atoms with Gasteiger partial charge in [-0.3, -0.25) is 9.59 Å². The number of nitrogens with one attached hydrogen (secondary N) is 2. The van der Waals surface area contributed by atoms with Gasteiger partial charge in [-0.1, -0.05) is 205 Å². The lowest BCUT2D eigenvalue weighted by molar-refractivity contribution is -0.386. The van der Waals surface area contributed by atoms with Crippen LogP contribution in [0.25, 0.3) is 0 Å². The third-order valence-electron chi connectivity index (χ3n) is 17.6. The van der Waals surface area contributed by atoms with Crippen molar-refractivity contribution in [2.24, 2.45) is 0 Å². The Bertz CT molecular complexity index is 1920. The van der Waals surface area contributed by atoms with E-state index < -0.39 is 155 Å². The molecule has 3 rings (SSSR count). The fourth-order valence-corrected chi connectivity index (χ4v) is 12.1. The fraction of sp³-hybridized carbons (Fsp3) is 0.896. The van der Waals surface area contributed by atoms with Gasteiger partial charge >= 0.3 is 5.97 Å². The van der Waals surface area contributed by atoms with Crippen LogP contribution in [0.5, 0.6) is 0 Å². The fourth-order valence-electron chi connectivity index (χ4n) is 12.1. The smallest absolute Gasteiger partial charge is 0.364 e. The van der Waals surface area contributed by atoms with Crippen LogP contribution in [0.4, 0.5) is 0 Å². The van der Waals surface area contributed by atoms with Gasteiger partial charge in [0.1, 0.15) is 67.1 Å². The lowest BCUT2D eigenvalue weighted by atomic mass is 9.88. The second-order valence-electron chi connectivity index (χ2n) is 25.4. The second kappa shape index (κ2) is 48.0. The van der Waals surface area contributed by atoms with Crippen molar-refractivity contribution in [2.45, 2.75) is 355 Å². The topological polar surface area (TPSA) is 373 Å². The molecule has 3 saturated heterocycles. The Morgan fingerprint density at radius 3 is 1.51 bits per heavy atom. The predicted molar refractivity (Wildman–Crippen MR) is 338 cm³/mol. The van der Waals surface area contributed by atoms with Gasteiger partial charge in [0, 0.05) is 19.8 Å². The van der Waals surface area contributed by atoms with Crippen molar-refractivity contribution in [3.8, 4) is 0 Å². The first kappa shape index (κ1) is 81.4. The Hall–Kier alpha value is -2.79. The Kier molecular flexibility index (Phi) is 43.4. The molecule has 18 atom stereocenters. The molecule has 0 aromatic heterocycles. The summed E-state index contributed by atoms with van der Waals surface area (Å²) in [7, 11) is 0. The summed E-state index contributed by atoms with van der Waals surface area (Å²) in [6.45, 7) is 2.12. The van der Waals surface area contributed by atoms with Crippen molar-refractivity contribution >= 4 is 17.8 Å². The van der Waals surface area contributed by atoms with Gasteiger partial charge in [-0.2, -0.15) is 0 Å². The van der Waals surface area contributed by atoms with Gasteiger partial charge in [0.2, 0.25) is 11.8 Å². The van der Waals surface area contributed by atoms with Gasteiger partial charge in [0.25, 0.3) is 5.79 Å². The van der Waals surface area contributed by atoms with Gasteiger partial charge in [0.05, 0.1) is 50.7 Å². The van der Waals surface area contributed by atoms with Crippen molar-refractivity contribution < 1.29 is 104 Å². The molecule has 526 valence electrons. The molecule has 23 heteroatoms. The molecular weight excluding hydrogens is 1170 g/mol. The number of carboxylic acids is 1. The Labute approximate surface area is 536 Å². The van der Waals surface area contributed by atoms with Crippen LogP contribution in [0, 0.1) is 0 Å². The molecule has 3 fully saturated rings. The maximum atomic E-state index is 13.4. The first-order chi connectivity index (χ1) is 43.4. The summed E-state index contributed by atoms with van der Waals surface area (Å²) in [5.74, 6) is -6.14. The Morgan fingerprint density at radius 1 is 0.578 bits per heavy atom. The molecule has 14 N–H and O–H groups in total. The number of hydrogen-bond acceptors (Lipinski definition) is 20. The van der Waals surface area contributed by atoms with Gasteiger partial charge in [0.15, 0.2) is 12.6 Å². The number of aliphatic carboxylic acids is 1. The number of amides is 2. The van der Waals surface area contributed by atoms with E-state index in [2.05, 4.69) is 36.6 Å². The van der Waals surface area contributed by atoms with E-state index in [1.54, 1.807) is 6.08 Å². The summed E-state index contributed by atoms with van der Waals surface area (Å²) in [6, 6.07) is -2.62. The summed E-state index contributed by atoms with van der Waals surface area (Å²) < 4.78 is 34.8. The summed E-state index contributed by atoms with van der Waals surface area (Å²) in [5, 5.41) is 136. The lowest BCUT2D eigenvalue weighted by Crippen LogP contribution is -2.70. The number of unbranched alkanes of at least 4 members (excludes halogenated alkanes) is 30. The zero-order chi connectivity index (χ0) is 66.1. The van der Waals surface area contributed by atoms with E-state index in [1.807, 2.05) is 6.08 Å². The quantitative estimate of drug-likeness (QED) is 0.0243. The first-order valence-corrected chi connectivity index (χ1v) is 34.7. The zero-order valence-corrected chi connectivity index (χ0v) is 54.7. The van der Waals surface area contributed by atoms with E-state index in [1.165, 1.54) is 154 Å². The van der Waals surface area contributed by atoms with Crippen molar-refractivity contribution in [1.29, 1.82) is 0 Å². The van der Waals surface area contributed by atoms with Crippen LogP contribution in [0.3, 0.4) is 0 Å². The Balaban J connectivity index is 1.57. The van der Waals surface area contributed by atoms with Crippen LogP contribution in [0.15, 0.2) is 24.3 Å². The van der Waals surface area contributed by atoms with E-state index in [4.69, 9.17) is 28.4 Å². The second-order valence-corrected chi connectivity index (χ2v) is 25.4. The highest BCUT2D eigenvalue weighted by Gasteiger charge is 2.60. The number of rotatable bonds is 52. The highest BCUT2D eigenvalue weighted by molar-refractivity contribution is 5.77. The lowest BCUT2D eigenvalue weighted by Gasteiger charge is -2.50. The molecule has 2 amide bonds. The number of hydrogen-bond donors (Lipinski definition) is 14. The number of carbonyl (C=O) groups is 3. The minimum atomic E-state index is -3.08. The number of aliphatic hydroxyl groups is 11. The SMILES string of the molecule is CCCCCCCCC=CCCCCCCCCCCCCCCCC(=O)NC(COC1OC(CO)C(OC2OC(CO)C(O)C(OC3(C(=O)O)CC(O)C(NC(C)=O)C(C(O)C(O)CO)O3)C2O)C(O)C1O)C(O)C=CCCCCCCCCCCCCC. The molecule has 0 aromatic carbocycles. The van der Waals surface area contributed by atoms with E-state index in [-0.39, 0.29) is 12.3 Å². The van der Waals surface area contributed by atoms with E-state index >= 15 is 0 Å². The molecule has 3 aliphatic heterocycles. The van der Waals surface area contributed by atoms with Gasteiger partial charge in [-0.25, -0.2) is 4.79 Å². The minimum Gasteiger partial charge on any atom is -0.477 e. The molecule has 0 aromatic rings. The number of aliphatic hydroxyl groups excluding tert-OH is 11. The first-order valence-electron chi connectivity index (χ1n) is 34.7. The monoisotopic (exact) mass is 1290 g/mol. The maximum Gasteiger partial charge on any atom is 0.364 e. The highest BCUT2D eigenvalue weighted by atomic mass is 16.8. The van der Waals surface area contributed by atoms with Crippen molar-refractivity contribution in [2.75, 3.05) is 26.4 Å². The number of carboxylic acid groups (broad SMARTS) is 1. The molecule has 0 radical (unpaired) electrons. The molecular formula is C67H122N2O21. The molecule has 0 saturated carbocycles. The molecule has 0 aliphatic carbocycles. The molecule has 3 heterocycles. The van der Waals surface area contributed by atoms with E-state index in [9.17, 15) is 75.7 Å². The average molecular weight is 1290 g/mol. The van der Waals surface area contributed by atoms with Crippen LogP contribution in [-0.2, 0) is 42.8 Å². The molecule has 90 heavy (non-hydrogen) atoms. The van der Waals surface area contributed by atoms with Crippen molar-refractivity contribution in [3.63, 3.8) is 0 Å². The number of carbonyl (C=O) groups excluding carboxylic acids is 2. The molecule has 23 nitrogen and oxygen atoms in total. The standard InChI is InChI=1S/C67H122N2O21/c1-4-6-8-10-12-14-16-18-19-20-21-22-23-24-25-26-27-29-31-33-35-37-39-41-54(77)69-48(49(74)40-38-36-34-32-30-28-17-15-13-11-9-7-5-2)46-85-64-59(81)58(80)61(53(45-72)87-64)88-65-60(82)63(57(79)52(44-71)86-65)90-67(66(83)84)42-50(75)55(68-47(3)73)62(89-67)56(78)51(76)43-70/h18-19,38,40,48-53,55-65,70-72,74-76,78-82H,4-17,20-37,39,41-46H2,1-3H3,(H,68,73)(H,69,77)(H,83,84). The maximum absolute atomic E-state index is 13.4. The summed E-state index contributed by atoms with van der Waals surface area (Å²) in [6.07, 6.45) is 18.0. The number of allylic oxidation sites excluding steroid dienone is 3. The minimum absolute atomic E-state index is 0.201. The van der Waals surface area contributed by atoms with Crippen LogP contribution in [-0.4, -0.2) is 215 Å². The van der Waals surface area contributed by atoms with Crippen LogP contribution in [0.2, 0.25) is 0 Å². The summed E-state index contributed by atoms with van der Waals surface area (Å²) >= 11 is 0. The average Bonchev–Trinajstić information content (AvgIpc) is 0.889. The molecule has 3 aliphatic rings. The molecule has 0 bridgehead atoms. The van der Waals surface area contributed by atoms with Crippen LogP contribution < -0.4 is 10.6 Å². The van der Waals surface area contributed by atoms with Crippen molar-refractivity contribution in [1.82, 2.24) is 10.6 Å². The molecule has 18 unspecified atom stereocenters. The highest BCUT2D eigenvalue weighted by Crippen LogP contribution is 2.39. The normalized spacial score (nSPS) is 28.7. The van der Waals surface area contributed by atoms with Gasteiger partial charge < -0.3 is 100 Å². The van der Waals surface area contributed by atoms with Gasteiger partial charge in [-0.15, -0.1) is 0 Å². The zero-order valence-electron chi connectivity index (χ0n) is 54.7. The largest absolute Gasteiger partial charge is 0.477 e. The Morgan fingerprint density at radius 2 is 1.04 bits per heavy atom. The van der Waals surface area contributed by atoms with E-state index in [0.29, 0.717) is 12.8 Å². The van der Waals surface area contributed by atoms with E-state index in [0.717, 1.165) is 51.9 Å². The number of ether oxygens (including phenoxy) is 6. The third kappa shape index (κ3) is 30.3. The molecule has 0 spiro atoms. The summed E-state index contributed by atoms with van der Waals surface area (Å²) in [5.41, 5.74) is 0. The summed E-state index contributed by atoms with van der Waals surface area (Å²) in [4.78, 5) is 38.5. The van der Waals surface area contributed by atoms with Gasteiger partial charge in [-0.05, 0) is 44.9 Å². The van der Waals surface area contributed by atoms with Crippen LogP contribution >= 0.6 is 0 Å².